The first kappa shape index (κ1) is 24.5. The van der Waals surface area contributed by atoms with Crippen LogP contribution in [0.3, 0.4) is 0 Å². The predicted molar refractivity (Wildman–Crippen MR) is 97.2 cm³/mol. The lowest BCUT2D eigenvalue weighted by Gasteiger charge is -2.24. The van der Waals surface area contributed by atoms with Crippen LogP contribution in [0.25, 0.3) is 0 Å². The second-order valence-corrected chi connectivity index (χ2v) is 8.88. The molecule has 0 saturated heterocycles. The summed E-state index contributed by atoms with van der Waals surface area (Å²) in [4.78, 5) is 8.75. The maximum Gasteiger partial charge on any atom is 0.500 e. The Labute approximate surface area is 153 Å². The van der Waals surface area contributed by atoms with Crippen LogP contribution in [0.5, 0.6) is 0 Å². The minimum absolute atomic E-state index is 0.899. The van der Waals surface area contributed by atoms with Crippen LogP contribution in [0.2, 0.25) is 6.04 Å². The summed E-state index contributed by atoms with van der Waals surface area (Å²) in [5, 5.41) is 8.28. The molecule has 0 N–H and O–H groups in total. The number of unbranched alkanes of at least 4 members (excludes halogenated alkanes) is 9. The number of rotatable bonds is 19. The molecule has 0 saturated carbocycles. The molecule has 0 radical (unpaired) electrons. The zero-order valence-electron chi connectivity index (χ0n) is 16.3. The molecule has 25 heavy (non-hydrogen) atoms. The summed E-state index contributed by atoms with van der Waals surface area (Å²) in [7, 11) is 3.99. The molecule has 0 heterocycles. The van der Waals surface area contributed by atoms with E-state index in [4.69, 9.17) is 13.3 Å². The molecular formula is C17H36O7Si. The molecule has 8 heteroatoms. The average Bonchev–Trinajstić information content (AvgIpc) is 2.65. The van der Waals surface area contributed by atoms with Crippen molar-refractivity contribution in [1.82, 2.24) is 0 Å². The van der Waals surface area contributed by atoms with Crippen molar-refractivity contribution < 1.29 is 33.1 Å². The first-order valence-electron chi connectivity index (χ1n) is 9.08. The smallest absolute Gasteiger partial charge is 0.377 e. The normalized spacial score (nSPS) is 12.2. The van der Waals surface area contributed by atoms with Gasteiger partial charge in [-0.2, -0.15) is 0 Å². The van der Waals surface area contributed by atoms with Gasteiger partial charge >= 0.3 is 8.80 Å². The van der Waals surface area contributed by atoms with E-state index in [0.717, 1.165) is 25.3 Å². The van der Waals surface area contributed by atoms with Gasteiger partial charge in [0.15, 0.2) is 0 Å². The highest BCUT2D eigenvalue weighted by atomic mass is 28.4. The Balaban J connectivity index is 3.29. The molecule has 0 aromatic heterocycles. The quantitative estimate of drug-likeness (QED) is 0.106. The van der Waals surface area contributed by atoms with Crippen LogP contribution in [0.4, 0.5) is 0 Å². The van der Waals surface area contributed by atoms with Gasteiger partial charge in [-0.25, -0.2) is 4.89 Å². The third kappa shape index (κ3) is 14.4. The van der Waals surface area contributed by atoms with Gasteiger partial charge in [-0.15, -0.1) is 0 Å². The summed E-state index contributed by atoms with van der Waals surface area (Å²) in [6.07, 6.45) is 15.5. The van der Waals surface area contributed by atoms with Crippen molar-refractivity contribution in [1.29, 1.82) is 0 Å². The van der Waals surface area contributed by atoms with Crippen molar-refractivity contribution in [3.63, 3.8) is 0 Å². The van der Waals surface area contributed by atoms with Gasteiger partial charge in [-0.1, -0.05) is 44.9 Å². The van der Waals surface area contributed by atoms with Crippen LogP contribution in [0.15, 0.2) is 12.3 Å². The van der Waals surface area contributed by atoms with Gasteiger partial charge < -0.3 is 18.2 Å². The fraction of sp³-hybridized carbons (Fsp3) is 0.882. The second kappa shape index (κ2) is 18.3. The number of hydrogen-bond donors (Lipinski definition) is 0. The summed E-state index contributed by atoms with van der Waals surface area (Å²) >= 11 is 0. The van der Waals surface area contributed by atoms with Crippen LogP contribution in [-0.4, -0.2) is 37.2 Å². The van der Waals surface area contributed by atoms with Gasteiger partial charge in [0, 0.05) is 32.4 Å². The zero-order chi connectivity index (χ0) is 18.6. The van der Waals surface area contributed by atoms with Crippen LogP contribution in [0, 0.1) is 0 Å². The molecule has 0 aromatic rings. The lowest BCUT2D eigenvalue weighted by molar-refractivity contribution is -0.615. The standard InChI is InChI=1S/C17H36O7Si/c1-18-23-24-22-16-14-12-10-8-6-5-7-9-11-13-15-17-25(19-2,20-3)21-4/h14,16H,5-13,15,17H2,1-4H3. The Hall–Kier alpha value is -0.483. The number of allylic oxidation sites excluding steroid dienone is 1. The Kier molecular flexibility index (Phi) is 18.0. The van der Waals surface area contributed by atoms with E-state index in [-0.39, 0.29) is 0 Å². The van der Waals surface area contributed by atoms with Gasteiger partial charge in [0.1, 0.15) is 6.26 Å². The van der Waals surface area contributed by atoms with E-state index >= 15 is 0 Å². The third-order valence-electron chi connectivity index (χ3n) is 4.07. The summed E-state index contributed by atoms with van der Waals surface area (Å²) in [5.74, 6) is 0. The van der Waals surface area contributed by atoms with E-state index in [1.165, 1.54) is 58.3 Å². The Morgan fingerprint density at radius 2 is 1.16 bits per heavy atom. The van der Waals surface area contributed by atoms with E-state index in [1.54, 1.807) is 21.3 Å². The van der Waals surface area contributed by atoms with Crippen LogP contribution < -0.4 is 0 Å². The molecule has 0 aliphatic heterocycles. The van der Waals surface area contributed by atoms with Gasteiger partial charge in [0.25, 0.3) is 0 Å². The molecule has 0 aromatic carbocycles. The molecule has 0 aliphatic carbocycles. The molecule has 0 bridgehead atoms. The van der Waals surface area contributed by atoms with Gasteiger partial charge in [-0.05, 0) is 30.4 Å². The Bertz CT molecular complexity index is 290. The first-order chi connectivity index (χ1) is 12.2. The number of hydrogen-bond acceptors (Lipinski definition) is 7. The summed E-state index contributed by atoms with van der Waals surface area (Å²) < 4.78 is 16.3. The molecule has 0 rings (SSSR count). The van der Waals surface area contributed by atoms with Crippen molar-refractivity contribution >= 4 is 8.80 Å². The lowest BCUT2D eigenvalue weighted by Crippen LogP contribution is -2.42. The topological polar surface area (TPSA) is 64.6 Å². The van der Waals surface area contributed by atoms with Crippen molar-refractivity contribution in [2.75, 3.05) is 28.4 Å². The Morgan fingerprint density at radius 1 is 0.640 bits per heavy atom. The van der Waals surface area contributed by atoms with E-state index in [9.17, 15) is 0 Å². The van der Waals surface area contributed by atoms with Gasteiger partial charge in [0.2, 0.25) is 0 Å². The van der Waals surface area contributed by atoms with E-state index in [1.807, 2.05) is 6.08 Å². The zero-order valence-corrected chi connectivity index (χ0v) is 17.3. The predicted octanol–water partition coefficient (Wildman–Crippen LogP) is 4.72. The molecule has 0 aliphatic rings. The highest BCUT2D eigenvalue weighted by Crippen LogP contribution is 2.18. The highest BCUT2D eigenvalue weighted by molar-refractivity contribution is 6.60. The van der Waals surface area contributed by atoms with Crippen molar-refractivity contribution in [2.45, 2.75) is 70.3 Å². The van der Waals surface area contributed by atoms with Crippen molar-refractivity contribution in [3.8, 4) is 0 Å². The second-order valence-electron chi connectivity index (χ2n) is 5.79. The lowest BCUT2D eigenvalue weighted by atomic mass is 10.1. The SMILES string of the molecule is COOOOC=CCCCCCCCCCCC[Si](OC)(OC)OC. The largest absolute Gasteiger partial charge is 0.500 e. The van der Waals surface area contributed by atoms with E-state index < -0.39 is 8.80 Å². The minimum atomic E-state index is -2.36. The fourth-order valence-electron chi connectivity index (χ4n) is 2.57. The first-order valence-corrected chi connectivity index (χ1v) is 11.0. The van der Waals surface area contributed by atoms with Gasteiger partial charge in [0.05, 0.1) is 7.11 Å². The summed E-state index contributed by atoms with van der Waals surface area (Å²) in [6, 6.07) is 0.899. The van der Waals surface area contributed by atoms with Crippen LogP contribution in [-0.2, 0) is 33.1 Å². The molecule has 0 amide bonds. The maximum atomic E-state index is 5.42. The van der Waals surface area contributed by atoms with E-state index in [0.29, 0.717) is 0 Å². The van der Waals surface area contributed by atoms with Crippen molar-refractivity contribution in [2.24, 2.45) is 0 Å². The van der Waals surface area contributed by atoms with Gasteiger partial charge in [-0.3, -0.25) is 0 Å². The third-order valence-corrected chi connectivity index (χ3v) is 6.91. The minimum Gasteiger partial charge on any atom is -0.377 e. The maximum absolute atomic E-state index is 5.42. The summed E-state index contributed by atoms with van der Waals surface area (Å²) in [6.45, 7) is 0. The highest BCUT2D eigenvalue weighted by Gasteiger charge is 2.36. The van der Waals surface area contributed by atoms with Crippen molar-refractivity contribution in [3.05, 3.63) is 12.3 Å². The molecule has 0 unspecified atom stereocenters. The van der Waals surface area contributed by atoms with Crippen LogP contribution >= 0.6 is 0 Å². The molecule has 150 valence electrons. The molecule has 7 nitrogen and oxygen atoms in total. The molecular weight excluding hydrogens is 344 g/mol. The Morgan fingerprint density at radius 3 is 1.68 bits per heavy atom. The average molecular weight is 381 g/mol. The molecule has 0 atom stereocenters. The van der Waals surface area contributed by atoms with Crippen LogP contribution in [0.1, 0.15) is 64.2 Å². The molecule has 0 fully saturated rings. The summed E-state index contributed by atoms with van der Waals surface area (Å²) in [5.41, 5.74) is 0. The monoisotopic (exact) mass is 380 g/mol. The molecule has 0 spiro atoms. The fourth-order valence-corrected chi connectivity index (χ4v) is 4.37. The van der Waals surface area contributed by atoms with E-state index in [2.05, 4.69) is 19.9 Å².